The zero-order chi connectivity index (χ0) is 10.7. The van der Waals surface area contributed by atoms with Crippen LogP contribution < -0.4 is 5.73 Å². The van der Waals surface area contributed by atoms with Crippen LogP contribution in [0.15, 0.2) is 23.1 Å². The monoisotopic (exact) mass is 215 g/mol. The third-order valence-corrected chi connectivity index (χ3v) is 2.62. The van der Waals surface area contributed by atoms with Crippen molar-refractivity contribution in [3.05, 3.63) is 24.0 Å². The van der Waals surface area contributed by atoms with Gasteiger partial charge in [-0.25, -0.2) is 4.39 Å². The average Bonchev–Trinajstić information content (AvgIpc) is 2.01. The molecule has 0 saturated carbocycles. The second-order valence-corrected chi connectivity index (χ2v) is 4.23. The number of carboxylic acids is 1. The normalized spacial score (nSPS) is 12.4. The first-order valence-corrected chi connectivity index (χ1v) is 4.82. The van der Waals surface area contributed by atoms with Crippen molar-refractivity contribution in [3.63, 3.8) is 0 Å². The Balaban J connectivity index is 2.81. The average molecular weight is 215 g/mol. The van der Waals surface area contributed by atoms with E-state index in [1.165, 1.54) is 19.1 Å². The van der Waals surface area contributed by atoms with E-state index >= 15 is 0 Å². The Kier molecular flexibility index (Phi) is 3.35. The molecule has 0 heterocycles. The van der Waals surface area contributed by atoms with Gasteiger partial charge in [-0.1, -0.05) is 0 Å². The Hall–Kier alpha value is -1.23. The quantitative estimate of drug-likeness (QED) is 0.597. The third-order valence-electron chi connectivity index (χ3n) is 1.55. The lowest BCUT2D eigenvalue weighted by Gasteiger charge is -2.06. The van der Waals surface area contributed by atoms with Crippen LogP contribution in [-0.4, -0.2) is 16.3 Å². The first kappa shape index (κ1) is 10.8. The Morgan fingerprint density at radius 3 is 2.71 bits per heavy atom. The van der Waals surface area contributed by atoms with Crippen LogP contribution in [0.5, 0.6) is 0 Å². The van der Waals surface area contributed by atoms with Crippen LogP contribution >= 0.6 is 11.8 Å². The maximum atomic E-state index is 12.8. The van der Waals surface area contributed by atoms with Crippen molar-refractivity contribution in [2.45, 2.75) is 17.1 Å². The zero-order valence-corrected chi connectivity index (χ0v) is 8.34. The van der Waals surface area contributed by atoms with Gasteiger partial charge in [-0.05, 0) is 25.1 Å². The molecule has 76 valence electrons. The minimum atomic E-state index is -0.933. The van der Waals surface area contributed by atoms with Gasteiger partial charge in [0.1, 0.15) is 11.1 Å². The Morgan fingerprint density at radius 1 is 1.57 bits per heavy atom. The number of hydrogen-bond donors (Lipinski definition) is 2. The first-order chi connectivity index (χ1) is 6.49. The zero-order valence-electron chi connectivity index (χ0n) is 7.53. The van der Waals surface area contributed by atoms with Gasteiger partial charge < -0.3 is 10.8 Å². The van der Waals surface area contributed by atoms with Gasteiger partial charge in [0.25, 0.3) is 0 Å². The van der Waals surface area contributed by atoms with Gasteiger partial charge in [0.2, 0.25) is 0 Å². The minimum absolute atomic E-state index is 0.296. The molecule has 0 amide bonds. The van der Waals surface area contributed by atoms with Crippen LogP contribution in [0.1, 0.15) is 6.92 Å². The van der Waals surface area contributed by atoms with Gasteiger partial charge in [-0.15, -0.1) is 11.8 Å². The van der Waals surface area contributed by atoms with Gasteiger partial charge in [-0.3, -0.25) is 4.79 Å². The molecule has 1 rings (SSSR count). The van der Waals surface area contributed by atoms with E-state index in [1.807, 2.05) is 0 Å². The number of rotatable bonds is 3. The van der Waals surface area contributed by atoms with Gasteiger partial charge in [0.15, 0.2) is 0 Å². The molecule has 0 aromatic heterocycles. The lowest BCUT2D eigenvalue weighted by molar-refractivity contribution is -0.136. The standard InChI is InChI=1S/C9H10FNO2S/c1-5(9(12)13)14-8-3-6(10)2-7(11)4-8/h2-5H,11H2,1H3,(H,12,13). The topological polar surface area (TPSA) is 63.3 Å². The van der Waals surface area contributed by atoms with Crippen LogP contribution in [0, 0.1) is 5.82 Å². The Bertz CT molecular complexity index is 336. The van der Waals surface area contributed by atoms with Crippen LogP contribution in [0.3, 0.4) is 0 Å². The molecular weight excluding hydrogens is 205 g/mol. The number of nitrogens with two attached hydrogens (primary N) is 1. The Labute approximate surface area is 85.1 Å². The molecule has 14 heavy (non-hydrogen) atoms. The van der Waals surface area contributed by atoms with Crippen molar-refractivity contribution in [2.24, 2.45) is 0 Å². The molecule has 0 bridgehead atoms. The number of thioether (sulfide) groups is 1. The van der Waals surface area contributed by atoms with Crippen molar-refractivity contribution in [1.29, 1.82) is 0 Å². The highest BCUT2D eigenvalue weighted by molar-refractivity contribution is 8.00. The van der Waals surface area contributed by atoms with Gasteiger partial charge in [0, 0.05) is 10.6 Å². The first-order valence-electron chi connectivity index (χ1n) is 3.94. The lowest BCUT2D eigenvalue weighted by atomic mass is 10.3. The summed E-state index contributed by atoms with van der Waals surface area (Å²) in [4.78, 5) is 11.1. The maximum Gasteiger partial charge on any atom is 0.316 e. The summed E-state index contributed by atoms with van der Waals surface area (Å²) in [7, 11) is 0. The molecule has 3 nitrogen and oxygen atoms in total. The summed E-state index contributed by atoms with van der Waals surface area (Å²) < 4.78 is 12.8. The SMILES string of the molecule is CC(Sc1cc(N)cc(F)c1)C(=O)O. The number of aliphatic carboxylic acids is 1. The molecule has 0 aliphatic heterocycles. The fourth-order valence-corrected chi connectivity index (χ4v) is 1.80. The largest absolute Gasteiger partial charge is 0.480 e. The molecule has 0 saturated heterocycles. The minimum Gasteiger partial charge on any atom is -0.480 e. The van der Waals surface area contributed by atoms with Crippen LogP contribution in [-0.2, 0) is 4.79 Å². The Morgan fingerprint density at radius 2 is 2.21 bits per heavy atom. The van der Waals surface area contributed by atoms with E-state index in [9.17, 15) is 9.18 Å². The van der Waals surface area contributed by atoms with Gasteiger partial charge >= 0.3 is 5.97 Å². The molecule has 3 N–H and O–H groups in total. The molecule has 0 radical (unpaired) electrons. The van der Waals surface area contributed by atoms with E-state index in [0.29, 0.717) is 10.6 Å². The highest BCUT2D eigenvalue weighted by atomic mass is 32.2. The number of halogens is 1. The fourth-order valence-electron chi connectivity index (χ4n) is 0.907. The van der Waals surface area contributed by atoms with E-state index < -0.39 is 17.0 Å². The fraction of sp³-hybridized carbons (Fsp3) is 0.222. The maximum absolute atomic E-state index is 12.8. The van der Waals surface area contributed by atoms with Crippen LogP contribution in [0.25, 0.3) is 0 Å². The van der Waals surface area contributed by atoms with E-state index in [-0.39, 0.29) is 0 Å². The van der Waals surface area contributed by atoms with E-state index in [1.54, 1.807) is 6.07 Å². The molecule has 1 aromatic carbocycles. The van der Waals surface area contributed by atoms with Gasteiger partial charge in [-0.2, -0.15) is 0 Å². The molecule has 1 unspecified atom stereocenters. The molecule has 0 fully saturated rings. The smallest absolute Gasteiger partial charge is 0.316 e. The summed E-state index contributed by atoms with van der Waals surface area (Å²) in [6.45, 7) is 1.54. The third kappa shape index (κ3) is 2.92. The summed E-state index contributed by atoms with van der Waals surface area (Å²) in [6.07, 6.45) is 0. The number of carboxylic acid groups (broad SMARTS) is 1. The number of anilines is 1. The van der Waals surface area contributed by atoms with Crippen molar-refractivity contribution in [2.75, 3.05) is 5.73 Å². The lowest BCUT2D eigenvalue weighted by Crippen LogP contribution is -2.11. The highest BCUT2D eigenvalue weighted by Gasteiger charge is 2.12. The van der Waals surface area contributed by atoms with Crippen LogP contribution in [0.2, 0.25) is 0 Å². The van der Waals surface area contributed by atoms with Crippen molar-refractivity contribution in [1.82, 2.24) is 0 Å². The molecule has 0 aliphatic rings. The van der Waals surface area contributed by atoms with E-state index in [0.717, 1.165) is 11.8 Å². The van der Waals surface area contributed by atoms with Crippen molar-refractivity contribution in [3.8, 4) is 0 Å². The predicted octanol–water partition coefficient (Wildman–Crippen LogP) is 1.97. The van der Waals surface area contributed by atoms with E-state index in [4.69, 9.17) is 10.8 Å². The van der Waals surface area contributed by atoms with E-state index in [2.05, 4.69) is 0 Å². The summed E-state index contributed by atoms with van der Waals surface area (Å²) in [5.41, 5.74) is 5.71. The second kappa shape index (κ2) is 4.32. The number of carbonyl (C=O) groups is 1. The summed E-state index contributed by atoms with van der Waals surface area (Å²) in [5.74, 6) is -1.39. The number of hydrogen-bond acceptors (Lipinski definition) is 3. The number of benzene rings is 1. The molecule has 0 aliphatic carbocycles. The predicted molar refractivity (Wildman–Crippen MR) is 53.8 cm³/mol. The molecular formula is C9H10FNO2S. The molecule has 1 atom stereocenters. The highest BCUT2D eigenvalue weighted by Crippen LogP contribution is 2.26. The van der Waals surface area contributed by atoms with Crippen molar-refractivity contribution >= 4 is 23.4 Å². The second-order valence-electron chi connectivity index (χ2n) is 2.82. The van der Waals surface area contributed by atoms with Crippen LogP contribution in [0.4, 0.5) is 10.1 Å². The summed E-state index contributed by atoms with van der Waals surface area (Å²) in [6, 6.07) is 4.00. The summed E-state index contributed by atoms with van der Waals surface area (Å²) in [5, 5.41) is 8.02. The number of nitrogen functional groups attached to an aromatic ring is 1. The molecule has 1 aromatic rings. The van der Waals surface area contributed by atoms with Gasteiger partial charge in [0.05, 0.1) is 0 Å². The molecule has 0 spiro atoms. The molecule has 5 heteroatoms. The van der Waals surface area contributed by atoms with Crippen molar-refractivity contribution < 1.29 is 14.3 Å². The summed E-state index contributed by atoms with van der Waals surface area (Å²) >= 11 is 1.06.